The first-order valence-electron chi connectivity index (χ1n) is 13.5. The standard InChI is InChI=1S/C26H45N3O5/c1-2-34-24(32)26(17-13-18-26)23(31)29-21(16-11-12-19-28-25(27)33)22(30)20-14-9-7-5-3-4-6-8-10-15-20/h20-21H,2-19H2,1H3,(H,29,31)(H3,27,28,33)/t21-/m0/s1. The highest BCUT2D eigenvalue weighted by atomic mass is 16.5. The molecule has 2 fully saturated rings. The smallest absolute Gasteiger partial charge is 0.321 e. The summed E-state index contributed by atoms with van der Waals surface area (Å²) in [5.41, 5.74) is 3.97. The molecule has 0 radical (unpaired) electrons. The fourth-order valence-corrected chi connectivity index (χ4v) is 5.15. The molecular weight excluding hydrogens is 434 g/mol. The van der Waals surface area contributed by atoms with E-state index in [-0.39, 0.29) is 24.2 Å². The van der Waals surface area contributed by atoms with Crippen LogP contribution in [-0.2, 0) is 19.1 Å². The molecule has 2 aliphatic carbocycles. The average molecular weight is 480 g/mol. The predicted molar refractivity (Wildman–Crippen MR) is 131 cm³/mol. The largest absolute Gasteiger partial charge is 0.465 e. The van der Waals surface area contributed by atoms with Crippen molar-refractivity contribution in [2.45, 2.75) is 116 Å². The summed E-state index contributed by atoms with van der Waals surface area (Å²) in [6.07, 6.45) is 14.6. The number of carbonyl (C=O) groups excluding carboxylic acids is 4. The van der Waals surface area contributed by atoms with Crippen molar-refractivity contribution in [3.8, 4) is 0 Å². The third-order valence-electron chi connectivity index (χ3n) is 7.43. The van der Waals surface area contributed by atoms with E-state index < -0.39 is 23.5 Å². The molecule has 0 saturated heterocycles. The van der Waals surface area contributed by atoms with Crippen molar-refractivity contribution in [2.75, 3.05) is 13.2 Å². The van der Waals surface area contributed by atoms with Crippen molar-refractivity contribution in [3.05, 3.63) is 0 Å². The number of primary amides is 1. The van der Waals surface area contributed by atoms with E-state index in [1.807, 2.05) is 0 Å². The first-order chi connectivity index (χ1) is 16.4. The first kappa shape index (κ1) is 28.1. The maximum atomic E-state index is 13.7. The van der Waals surface area contributed by atoms with Crippen LogP contribution in [0.2, 0.25) is 0 Å². The number of unbranched alkanes of at least 4 members (excludes halogenated alkanes) is 1. The molecule has 2 rings (SSSR count). The minimum atomic E-state index is -1.16. The number of nitrogens with two attached hydrogens (primary N) is 1. The number of esters is 1. The van der Waals surface area contributed by atoms with Gasteiger partial charge in [-0.15, -0.1) is 0 Å². The number of rotatable bonds is 11. The van der Waals surface area contributed by atoms with Gasteiger partial charge in [0.2, 0.25) is 5.91 Å². The van der Waals surface area contributed by atoms with Crippen LogP contribution in [0.4, 0.5) is 4.79 Å². The van der Waals surface area contributed by atoms with Crippen molar-refractivity contribution in [1.29, 1.82) is 0 Å². The summed E-state index contributed by atoms with van der Waals surface area (Å²) in [7, 11) is 0. The lowest BCUT2D eigenvalue weighted by molar-refractivity contribution is -0.167. The van der Waals surface area contributed by atoms with E-state index in [1.54, 1.807) is 6.92 Å². The lowest BCUT2D eigenvalue weighted by atomic mass is 9.67. The molecule has 4 N–H and O–H groups in total. The molecule has 0 spiro atoms. The van der Waals surface area contributed by atoms with Crippen LogP contribution in [0.5, 0.6) is 0 Å². The molecule has 1 atom stereocenters. The summed E-state index contributed by atoms with van der Waals surface area (Å²) in [6, 6.07) is -1.19. The van der Waals surface area contributed by atoms with E-state index >= 15 is 0 Å². The second kappa shape index (κ2) is 15.0. The van der Waals surface area contributed by atoms with Crippen LogP contribution < -0.4 is 16.4 Å². The van der Waals surface area contributed by atoms with Gasteiger partial charge in [-0.3, -0.25) is 14.4 Å². The van der Waals surface area contributed by atoms with Crippen LogP contribution in [0.3, 0.4) is 0 Å². The number of nitrogens with one attached hydrogen (secondary N) is 2. The van der Waals surface area contributed by atoms with Crippen LogP contribution in [0.25, 0.3) is 0 Å². The number of amides is 3. The summed E-state index contributed by atoms with van der Waals surface area (Å²) >= 11 is 0. The summed E-state index contributed by atoms with van der Waals surface area (Å²) in [5, 5.41) is 5.53. The normalized spacial score (nSPS) is 20.1. The molecule has 0 bridgehead atoms. The fourth-order valence-electron chi connectivity index (χ4n) is 5.15. The Kier molecular flexibility index (Phi) is 12.4. The third-order valence-corrected chi connectivity index (χ3v) is 7.43. The van der Waals surface area contributed by atoms with Crippen LogP contribution in [-0.4, -0.2) is 42.9 Å². The Morgan fingerprint density at radius 1 is 0.912 bits per heavy atom. The number of hydrogen-bond acceptors (Lipinski definition) is 5. The number of Topliss-reactive ketones (excluding diaryl/α,β-unsaturated/α-hetero) is 1. The first-order valence-corrected chi connectivity index (χ1v) is 13.5. The summed E-state index contributed by atoms with van der Waals surface area (Å²) in [5.74, 6) is -0.825. The Morgan fingerprint density at radius 3 is 2.00 bits per heavy atom. The SMILES string of the molecule is CCOC(=O)C1(C(=O)N[C@@H](CCCCNC(N)=O)C(=O)C2CCCCCCCCCC2)CCC1. The highest BCUT2D eigenvalue weighted by Gasteiger charge is 2.52. The number of ketones is 1. The molecule has 194 valence electrons. The molecule has 0 aromatic rings. The molecule has 0 unspecified atom stereocenters. The van der Waals surface area contributed by atoms with Crippen molar-refractivity contribution < 1.29 is 23.9 Å². The molecule has 0 aliphatic heterocycles. The zero-order valence-corrected chi connectivity index (χ0v) is 21.0. The highest BCUT2D eigenvalue weighted by molar-refractivity contribution is 6.05. The molecule has 34 heavy (non-hydrogen) atoms. The monoisotopic (exact) mass is 479 g/mol. The number of ether oxygens (including phenoxy) is 1. The summed E-state index contributed by atoms with van der Waals surface area (Å²) in [4.78, 5) is 50.4. The van der Waals surface area contributed by atoms with Gasteiger partial charge in [0.15, 0.2) is 5.78 Å². The van der Waals surface area contributed by atoms with Gasteiger partial charge in [0, 0.05) is 12.5 Å². The van der Waals surface area contributed by atoms with E-state index in [0.29, 0.717) is 38.6 Å². The van der Waals surface area contributed by atoms with E-state index in [1.165, 1.54) is 25.7 Å². The molecular formula is C26H45N3O5. The summed E-state index contributed by atoms with van der Waals surface area (Å²) in [6.45, 7) is 2.39. The molecule has 0 heterocycles. The van der Waals surface area contributed by atoms with E-state index in [0.717, 1.165) is 44.9 Å². The van der Waals surface area contributed by atoms with Crippen LogP contribution >= 0.6 is 0 Å². The molecule has 0 aromatic carbocycles. The molecule has 3 amide bonds. The van der Waals surface area contributed by atoms with Crippen LogP contribution in [0.1, 0.15) is 110 Å². The topological polar surface area (TPSA) is 128 Å². The number of hydrogen-bond donors (Lipinski definition) is 3. The second-order valence-electron chi connectivity index (χ2n) is 9.97. The zero-order chi connectivity index (χ0) is 24.8. The maximum absolute atomic E-state index is 13.7. The quantitative estimate of drug-likeness (QED) is 0.233. The summed E-state index contributed by atoms with van der Waals surface area (Å²) < 4.78 is 5.20. The minimum absolute atomic E-state index is 0.0629. The predicted octanol–water partition coefficient (Wildman–Crippen LogP) is 4.14. The number of carbonyl (C=O) groups is 4. The van der Waals surface area contributed by atoms with Crippen LogP contribution in [0, 0.1) is 11.3 Å². The van der Waals surface area contributed by atoms with Gasteiger partial charge in [-0.1, -0.05) is 57.8 Å². The Balaban J connectivity index is 2.08. The minimum Gasteiger partial charge on any atom is -0.465 e. The Hall–Kier alpha value is -2.12. The van der Waals surface area contributed by atoms with Gasteiger partial charge < -0.3 is 21.1 Å². The van der Waals surface area contributed by atoms with Gasteiger partial charge in [0.25, 0.3) is 0 Å². The van der Waals surface area contributed by atoms with Gasteiger partial charge in [-0.05, 0) is 51.9 Å². The Labute approximate surface area is 204 Å². The van der Waals surface area contributed by atoms with Crippen molar-refractivity contribution in [2.24, 2.45) is 17.1 Å². The highest BCUT2D eigenvalue weighted by Crippen LogP contribution is 2.42. The van der Waals surface area contributed by atoms with E-state index in [2.05, 4.69) is 10.6 Å². The van der Waals surface area contributed by atoms with Gasteiger partial charge >= 0.3 is 12.0 Å². The molecule has 2 aliphatic rings. The van der Waals surface area contributed by atoms with E-state index in [9.17, 15) is 19.2 Å². The second-order valence-corrected chi connectivity index (χ2v) is 9.97. The molecule has 8 heteroatoms. The number of urea groups is 1. The van der Waals surface area contributed by atoms with Gasteiger partial charge in [0.05, 0.1) is 12.6 Å². The molecule has 2 saturated carbocycles. The fraction of sp³-hybridized carbons (Fsp3) is 0.846. The van der Waals surface area contributed by atoms with Crippen molar-refractivity contribution in [1.82, 2.24) is 10.6 Å². The Morgan fingerprint density at radius 2 is 1.50 bits per heavy atom. The molecule has 8 nitrogen and oxygen atoms in total. The van der Waals surface area contributed by atoms with Gasteiger partial charge in [-0.2, -0.15) is 0 Å². The van der Waals surface area contributed by atoms with Gasteiger partial charge in [-0.25, -0.2) is 4.79 Å². The van der Waals surface area contributed by atoms with E-state index in [4.69, 9.17) is 10.5 Å². The van der Waals surface area contributed by atoms with Crippen molar-refractivity contribution in [3.63, 3.8) is 0 Å². The maximum Gasteiger partial charge on any atom is 0.321 e. The average Bonchev–Trinajstić information content (AvgIpc) is 2.82. The molecule has 0 aromatic heterocycles. The third kappa shape index (κ3) is 8.58. The van der Waals surface area contributed by atoms with Gasteiger partial charge in [0.1, 0.15) is 5.41 Å². The lowest BCUT2D eigenvalue weighted by Crippen LogP contribution is -2.56. The zero-order valence-electron chi connectivity index (χ0n) is 21.0. The lowest BCUT2D eigenvalue weighted by Gasteiger charge is -2.38. The van der Waals surface area contributed by atoms with Crippen molar-refractivity contribution >= 4 is 23.7 Å². The Bertz CT molecular complexity index is 665. The van der Waals surface area contributed by atoms with Crippen LogP contribution in [0.15, 0.2) is 0 Å².